The minimum absolute atomic E-state index is 0.234. The van der Waals surface area contributed by atoms with Gasteiger partial charge >= 0.3 is 18.0 Å². The molecule has 0 N–H and O–H groups in total. The second-order valence-electron chi connectivity index (χ2n) is 7.83. The minimum atomic E-state index is -1.26. The summed E-state index contributed by atoms with van der Waals surface area (Å²) in [5.74, 6) is -3.49. The van der Waals surface area contributed by atoms with Crippen LogP contribution in [-0.4, -0.2) is 42.8 Å². The molecule has 3 atom stereocenters. The van der Waals surface area contributed by atoms with E-state index in [1.165, 1.54) is 19.1 Å². The Morgan fingerprint density at radius 3 is 2.41 bits per heavy atom. The molecule has 0 saturated carbocycles. The summed E-state index contributed by atoms with van der Waals surface area (Å²) in [6.45, 7) is 5.50. The first-order valence-corrected chi connectivity index (χ1v) is 9.24. The zero-order valence-electron chi connectivity index (χ0n) is 17.3. The van der Waals surface area contributed by atoms with Crippen molar-refractivity contribution in [3.05, 3.63) is 35.4 Å². The van der Waals surface area contributed by atoms with Crippen LogP contribution in [0.1, 0.15) is 44.4 Å². The molecule has 156 valence electrons. The first kappa shape index (κ1) is 22.2. The standard InChI is InChI=1S/C21H26N2O6/c1-21(2,3)29-20(26)23-12-13-8-6-7-9-14(13)18(23)15(10-17(24)27-4)16(11-22)19(25)28-5/h6-9,15-16,18H,10,12H2,1-5H3. The molecule has 0 saturated heterocycles. The number of hydrogen-bond donors (Lipinski definition) is 0. The number of hydrogen-bond acceptors (Lipinski definition) is 7. The number of fused-ring (bicyclic) bond motifs is 1. The monoisotopic (exact) mass is 402 g/mol. The Morgan fingerprint density at radius 2 is 1.86 bits per heavy atom. The number of ether oxygens (including phenoxy) is 3. The number of rotatable bonds is 5. The molecule has 1 aromatic carbocycles. The van der Waals surface area contributed by atoms with Crippen molar-refractivity contribution in [2.45, 2.75) is 45.4 Å². The van der Waals surface area contributed by atoms with E-state index in [-0.39, 0.29) is 13.0 Å². The molecular formula is C21H26N2O6. The van der Waals surface area contributed by atoms with Crippen molar-refractivity contribution in [3.8, 4) is 6.07 Å². The normalized spacial score (nSPS) is 17.5. The third kappa shape index (κ3) is 5.05. The molecule has 1 aliphatic heterocycles. The highest BCUT2D eigenvalue weighted by Crippen LogP contribution is 2.44. The van der Waals surface area contributed by atoms with Crippen LogP contribution in [0.2, 0.25) is 0 Å². The van der Waals surface area contributed by atoms with Crippen LogP contribution in [0, 0.1) is 23.2 Å². The Labute approximate surface area is 170 Å². The van der Waals surface area contributed by atoms with Crippen molar-refractivity contribution in [2.24, 2.45) is 11.8 Å². The highest BCUT2D eigenvalue weighted by atomic mass is 16.6. The number of nitrogens with zero attached hydrogens (tertiary/aromatic N) is 2. The van der Waals surface area contributed by atoms with Crippen molar-refractivity contribution in [3.63, 3.8) is 0 Å². The number of amides is 1. The van der Waals surface area contributed by atoms with E-state index < -0.39 is 41.5 Å². The summed E-state index contributed by atoms with van der Waals surface area (Å²) in [4.78, 5) is 38.8. The molecule has 0 aromatic heterocycles. The zero-order chi connectivity index (χ0) is 21.8. The molecular weight excluding hydrogens is 376 g/mol. The summed E-state index contributed by atoms with van der Waals surface area (Å²) in [6, 6.07) is 8.54. The summed E-state index contributed by atoms with van der Waals surface area (Å²) in [5, 5.41) is 9.67. The highest BCUT2D eigenvalue weighted by Gasteiger charge is 2.46. The average molecular weight is 402 g/mol. The summed E-state index contributed by atoms with van der Waals surface area (Å²) < 4.78 is 15.1. The second kappa shape index (κ2) is 8.95. The van der Waals surface area contributed by atoms with E-state index in [2.05, 4.69) is 0 Å². The van der Waals surface area contributed by atoms with E-state index in [1.807, 2.05) is 24.3 Å². The van der Waals surface area contributed by atoms with Gasteiger partial charge in [0.25, 0.3) is 0 Å². The first-order chi connectivity index (χ1) is 13.6. The molecule has 2 rings (SSSR count). The summed E-state index contributed by atoms with van der Waals surface area (Å²) in [6.07, 6.45) is -0.822. The molecule has 0 spiro atoms. The SMILES string of the molecule is COC(=O)CC(C(C#N)C(=O)OC)C1c2ccccc2CN1C(=O)OC(C)(C)C. The predicted molar refractivity (Wildman–Crippen MR) is 102 cm³/mol. The smallest absolute Gasteiger partial charge is 0.411 e. The fourth-order valence-corrected chi connectivity index (χ4v) is 3.51. The zero-order valence-corrected chi connectivity index (χ0v) is 17.3. The Hall–Kier alpha value is -3.08. The molecule has 0 radical (unpaired) electrons. The van der Waals surface area contributed by atoms with Gasteiger partial charge in [0.15, 0.2) is 0 Å². The maximum absolute atomic E-state index is 12.9. The molecule has 1 heterocycles. The van der Waals surface area contributed by atoms with Crippen LogP contribution in [0.3, 0.4) is 0 Å². The lowest BCUT2D eigenvalue weighted by Gasteiger charge is -2.34. The number of methoxy groups -OCH3 is 2. The molecule has 0 bridgehead atoms. The Kier molecular flexibility index (Phi) is 6.85. The topological polar surface area (TPSA) is 106 Å². The lowest BCUT2D eigenvalue weighted by atomic mass is 9.81. The summed E-state index contributed by atoms with van der Waals surface area (Å²) in [5.41, 5.74) is 0.891. The van der Waals surface area contributed by atoms with Gasteiger partial charge < -0.3 is 14.2 Å². The second-order valence-corrected chi connectivity index (χ2v) is 7.83. The maximum Gasteiger partial charge on any atom is 0.411 e. The fourth-order valence-electron chi connectivity index (χ4n) is 3.51. The van der Waals surface area contributed by atoms with E-state index in [0.717, 1.165) is 11.1 Å². The molecule has 1 amide bonds. The van der Waals surface area contributed by atoms with Crippen molar-refractivity contribution < 1.29 is 28.6 Å². The van der Waals surface area contributed by atoms with E-state index in [4.69, 9.17) is 14.2 Å². The van der Waals surface area contributed by atoms with Gasteiger partial charge in [-0.2, -0.15) is 5.26 Å². The first-order valence-electron chi connectivity index (χ1n) is 9.24. The molecule has 8 heteroatoms. The lowest BCUT2D eigenvalue weighted by Crippen LogP contribution is -2.41. The molecule has 1 aromatic rings. The quantitative estimate of drug-likeness (QED) is 0.550. The summed E-state index contributed by atoms with van der Waals surface area (Å²) >= 11 is 0. The Morgan fingerprint density at radius 1 is 1.21 bits per heavy atom. The molecule has 1 aliphatic rings. The summed E-state index contributed by atoms with van der Waals surface area (Å²) in [7, 11) is 2.41. The van der Waals surface area contributed by atoms with Crippen molar-refractivity contribution in [1.29, 1.82) is 5.26 Å². The van der Waals surface area contributed by atoms with E-state index in [9.17, 15) is 19.6 Å². The molecule has 3 unspecified atom stereocenters. The van der Waals surface area contributed by atoms with Gasteiger partial charge in [0.1, 0.15) is 11.5 Å². The molecule has 8 nitrogen and oxygen atoms in total. The molecule has 0 fully saturated rings. The minimum Gasteiger partial charge on any atom is -0.469 e. The van der Waals surface area contributed by atoms with Crippen LogP contribution in [0.4, 0.5) is 4.79 Å². The molecule has 0 aliphatic carbocycles. The van der Waals surface area contributed by atoms with Gasteiger partial charge in [0.2, 0.25) is 0 Å². The maximum atomic E-state index is 12.9. The van der Waals surface area contributed by atoms with Crippen LogP contribution in [0.25, 0.3) is 0 Å². The van der Waals surface area contributed by atoms with Crippen LogP contribution >= 0.6 is 0 Å². The van der Waals surface area contributed by atoms with Crippen molar-refractivity contribution in [2.75, 3.05) is 14.2 Å². The third-order valence-corrected chi connectivity index (χ3v) is 4.74. The highest BCUT2D eigenvalue weighted by molar-refractivity contribution is 5.78. The van der Waals surface area contributed by atoms with Crippen LogP contribution < -0.4 is 0 Å². The Balaban J connectivity index is 2.54. The van der Waals surface area contributed by atoms with E-state index >= 15 is 0 Å². The number of esters is 2. The van der Waals surface area contributed by atoms with Crippen LogP contribution in [-0.2, 0) is 30.3 Å². The van der Waals surface area contributed by atoms with Gasteiger partial charge in [-0.05, 0) is 31.9 Å². The predicted octanol–water partition coefficient (Wildman–Crippen LogP) is 2.97. The molecule has 29 heavy (non-hydrogen) atoms. The van der Waals surface area contributed by atoms with Crippen LogP contribution in [0.5, 0.6) is 0 Å². The van der Waals surface area contributed by atoms with E-state index in [1.54, 1.807) is 26.8 Å². The Bertz CT molecular complexity index is 823. The van der Waals surface area contributed by atoms with Gasteiger partial charge in [-0.15, -0.1) is 0 Å². The lowest BCUT2D eigenvalue weighted by molar-refractivity contribution is -0.148. The fraction of sp³-hybridized carbons (Fsp3) is 0.524. The van der Waals surface area contributed by atoms with Gasteiger partial charge in [-0.1, -0.05) is 24.3 Å². The number of benzene rings is 1. The van der Waals surface area contributed by atoms with Gasteiger partial charge in [-0.25, -0.2) is 4.79 Å². The largest absolute Gasteiger partial charge is 0.469 e. The average Bonchev–Trinajstić information content (AvgIpc) is 3.05. The van der Waals surface area contributed by atoms with Crippen molar-refractivity contribution in [1.82, 2.24) is 4.90 Å². The van der Waals surface area contributed by atoms with Gasteiger partial charge in [0.05, 0.1) is 32.8 Å². The number of carbonyl (C=O) groups excluding carboxylic acids is 3. The van der Waals surface area contributed by atoms with Crippen molar-refractivity contribution >= 4 is 18.0 Å². The number of carbonyl (C=O) groups is 3. The van der Waals surface area contributed by atoms with Gasteiger partial charge in [0, 0.05) is 12.5 Å². The number of nitriles is 1. The van der Waals surface area contributed by atoms with Gasteiger partial charge in [-0.3, -0.25) is 14.5 Å². The van der Waals surface area contributed by atoms with E-state index in [0.29, 0.717) is 0 Å². The van der Waals surface area contributed by atoms with Crippen LogP contribution in [0.15, 0.2) is 24.3 Å². The third-order valence-electron chi connectivity index (χ3n) is 4.74.